The summed E-state index contributed by atoms with van der Waals surface area (Å²) in [6, 6.07) is 2.48. The van der Waals surface area contributed by atoms with E-state index in [1.165, 1.54) is 12.1 Å². The van der Waals surface area contributed by atoms with E-state index in [2.05, 4.69) is 4.98 Å². The molecular weight excluding hydrogens is 260 g/mol. The van der Waals surface area contributed by atoms with E-state index < -0.39 is 4.92 Å². The number of halogens is 1. The number of rotatable bonds is 4. The van der Waals surface area contributed by atoms with Gasteiger partial charge in [-0.25, -0.2) is 4.98 Å². The average molecular weight is 273 g/mol. The maximum Gasteiger partial charge on any atom is 0.277 e. The molecule has 1 aromatic rings. The summed E-state index contributed by atoms with van der Waals surface area (Å²) in [5.41, 5.74) is -0.114. The lowest BCUT2D eigenvalue weighted by atomic mass is 10.0. The first-order valence-corrected chi connectivity index (χ1v) is 6.05. The summed E-state index contributed by atoms with van der Waals surface area (Å²) in [5, 5.41) is 10.7. The maximum atomic E-state index is 10.7. The molecule has 18 heavy (non-hydrogen) atoms. The Morgan fingerprint density at radius 2 is 2.22 bits per heavy atom. The van der Waals surface area contributed by atoms with Gasteiger partial charge in [-0.15, -0.1) is 0 Å². The third kappa shape index (κ3) is 3.54. The molecule has 1 fully saturated rings. The van der Waals surface area contributed by atoms with Crippen molar-refractivity contribution >= 4 is 17.3 Å². The molecule has 7 heteroatoms. The van der Waals surface area contributed by atoms with Crippen molar-refractivity contribution < 1.29 is 14.4 Å². The summed E-state index contributed by atoms with van der Waals surface area (Å²) >= 11 is 5.70. The lowest BCUT2D eigenvalue weighted by Crippen LogP contribution is -2.21. The van der Waals surface area contributed by atoms with Gasteiger partial charge in [0.1, 0.15) is 5.15 Å². The predicted molar refractivity (Wildman–Crippen MR) is 64.9 cm³/mol. The van der Waals surface area contributed by atoms with Crippen molar-refractivity contribution in [2.75, 3.05) is 19.8 Å². The van der Waals surface area contributed by atoms with Gasteiger partial charge in [-0.2, -0.15) is 0 Å². The van der Waals surface area contributed by atoms with Crippen LogP contribution in [0, 0.1) is 16.0 Å². The van der Waals surface area contributed by atoms with Gasteiger partial charge in [0, 0.05) is 13.2 Å². The Balaban J connectivity index is 1.97. The van der Waals surface area contributed by atoms with Gasteiger partial charge in [-0.1, -0.05) is 11.6 Å². The Morgan fingerprint density at radius 3 is 2.89 bits per heavy atom. The summed E-state index contributed by atoms with van der Waals surface area (Å²) in [4.78, 5) is 14.0. The smallest absolute Gasteiger partial charge is 0.277 e. The molecule has 0 saturated carbocycles. The molecular formula is C11H13ClN2O4. The Kier molecular flexibility index (Phi) is 4.33. The zero-order valence-electron chi connectivity index (χ0n) is 9.67. The predicted octanol–water partition coefficient (Wildman–Crippen LogP) is 2.45. The van der Waals surface area contributed by atoms with Crippen LogP contribution in [0.5, 0.6) is 5.88 Å². The molecule has 98 valence electrons. The summed E-state index contributed by atoms with van der Waals surface area (Å²) in [5.74, 6) is 0.597. The van der Waals surface area contributed by atoms with Crippen LogP contribution < -0.4 is 4.74 Å². The van der Waals surface area contributed by atoms with E-state index in [9.17, 15) is 10.1 Å². The summed E-state index contributed by atoms with van der Waals surface area (Å²) in [7, 11) is 0. The second-order valence-corrected chi connectivity index (χ2v) is 4.50. The van der Waals surface area contributed by atoms with Crippen molar-refractivity contribution in [3.63, 3.8) is 0 Å². The van der Waals surface area contributed by atoms with Crippen LogP contribution in [0.4, 0.5) is 5.69 Å². The molecule has 0 bridgehead atoms. The van der Waals surface area contributed by atoms with E-state index in [4.69, 9.17) is 21.1 Å². The second kappa shape index (κ2) is 5.97. The van der Waals surface area contributed by atoms with Gasteiger partial charge in [0.25, 0.3) is 5.69 Å². The van der Waals surface area contributed by atoms with Gasteiger partial charge >= 0.3 is 0 Å². The molecule has 1 aliphatic heterocycles. The highest BCUT2D eigenvalue weighted by molar-refractivity contribution is 6.29. The van der Waals surface area contributed by atoms with Crippen LogP contribution in [0.25, 0.3) is 0 Å². The molecule has 0 aliphatic carbocycles. The Morgan fingerprint density at radius 1 is 1.50 bits per heavy atom. The van der Waals surface area contributed by atoms with Crippen molar-refractivity contribution in [2.24, 2.45) is 5.92 Å². The minimum absolute atomic E-state index is 0.0613. The number of aromatic nitrogens is 1. The fraction of sp³-hybridized carbons (Fsp3) is 0.545. The van der Waals surface area contributed by atoms with Crippen molar-refractivity contribution in [2.45, 2.75) is 12.8 Å². The Hall–Kier alpha value is -1.40. The Labute approximate surface area is 109 Å². The molecule has 1 aliphatic rings. The number of nitro groups is 1. The number of ether oxygens (including phenoxy) is 2. The quantitative estimate of drug-likeness (QED) is 0.478. The van der Waals surface area contributed by atoms with Crippen LogP contribution in [0.1, 0.15) is 12.8 Å². The zero-order valence-corrected chi connectivity index (χ0v) is 10.4. The van der Waals surface area contributed by atoms with E-state index in [1.807, 2.05) is 0 Å². The lowest BCUT2D eigenvalue weighted by molar-refractivity contribution is -0.385. The molecule has 1 aromatic heterocycles. The molecule has 1 saturated heterocycles. The van der Waals surface area contributed by atoms with Crippen molar-refractivity contribution in [3.05, 3.63) is 27.4 Å². The molecule has 6 nitrogen and oxygen atoms in total. The highest BCUT2D eigenvalue weighted by atomic mass is 35.5. The first-order valence-electron chi connectivity index (χ1n) is 5.67. The molecule has 0 aromatic carbocycles. The van der Waals surface area contributed by atoms with Gasteiger partial charge < -0.3 is 9.47 Å². The van der Waals surface area contributed by atoms with Gasteiger partial charge in [-0.3, -0.25) is 10.1 Å². The fourth-order valence-corrected chi connectivity index (χ4v) is 1.95. The van der Waals surface area contributed by atoms with Crippen molar-refractivity contribution in [1.82, 2.24) is 4.98 Å². The van der Waals surface area contributed by atoms with Gasteiger partial charge in [-0.05, 0) is 18.8 Å². The monoisotopic (exact) mass is 272 g/mol. The van der Waals surface area contributed by atoms with E-state index in [1.54, 1.807) is 0 Å². The Bertz CT molecular complexity index is 435. The van der Waals surface area contributed by atoms with E-state index in [0.717, 1.165) is 26.1 Å². The standard InChI is InChI=1S/C11H13ClN2O4/c12-10-5-9(14(15)16)6-11(13-10)18-7-8-1-3-17-4-2-8/h5-6,8H,1-4,7H2. The minimum atomic E-state index is -0.519. The van der Waals surface area contributed by atoms with E-state index >= 15 is 0 Å². The van der Waals surface area contributed by atoms with Crippen LogP contribution in [0.2, 0.25) is 5.15 Å². The molecule has 0 N–H and O–H groups in total. The van der Waals surface area contributed by atoms with E-state index in [0.29, 0.717) is 12.5 Å². The zero-order chi connectivity index (χ0) is 13.0. The van der Waals surface area contributed by atoms with Gasteiger partial charge in [0.2, 0.25) is 5.88 Å². The topological polar surface area (TPSA) is 74.5 Å². The van der Waals surface area contributed by atoms with Crippen LogP contribution >= 0.6 is 11.6 Å². The van der Waals surface area contributed by atoms with Crippen molar-refractivity contribution in [3.8, 4) is 5.88 Å². The molecule has 0 radical (unpaired) electrons. The molecule has 0 spiro atoms. The maximum absolute atomic E-state index is 10.7. The molecule has 0 unspecified atom stereocenters. The summed E-state index contributed by atoms with van der Waals surface area (Å²) < 4.78 is 10.7. The second-order valence-electron chi connectivity index (χ2n) is 4.11. The molecule has 0 amide bonds. The lowest BCUT2D eigenvalue weighted by Gasteiger charge is -2.21. The SMILES string of the molecule is O=[N+]([O-])c1cc(Cl)nc(OCC2CCOCC2)c1. The third-order valence-electron chi connectivity index (χ3n) is 2.77. The highest BCUT2D eigenvalue weighted by Gasteiger charge is 2.16. The molecule has 2 rings (SSSR count). The summed E-state index contributed by atoms with van der Waals surface area (Å²) in [6.45, 7) is 1.95. The van der Waals surface area contributed by atoms with Gasteiger partial charge in [0.05, 0.1) is 23.7 Å². The minimum Gasteiger partial charge on any atom is -0.477 e. The van der Waals surface area contributed by atoms with Crippen LogP contribution in [0.3, 0.4) is 0 Å². The fourth-order valence-electron chi connectivity index (χ4n) is 1.76. The molecule has 0 atom stereocenters. The molecule has 2 heterocycles. The first kappa shape index (κ1) is 13.0. The first-order chi connectivity index (χ1) is 8.65. The number of hydrogen-bond acceptors (Lipinski definition) is 5. The highest BCUT2D eigenvalue weighted by Crippen LogP contribution is 2.23. The van der Waals surface area contributed by atoms with E-state index in [-0.39, 0.29) is 16.7 Å². The normalized spacial score (nSPS) is 16.5. The number of nitrogens with zero attached hydrogens (tertiary/aromatic N) is 2. The van der Waals surface area contributed by atoms with Crippen LogP contribution in [-0.4, -0.2) is 29.7 Å². The van der Waals surface area contributed by atoms with Crippen LogP contribution in [0.15, 0.2) is 12.1 Å². The van der Waals surface area contributed by atoms with Gasteiger partial charge in [0.15, 0.2) is 0 Å². The average Bonchev–Trinajstić information content (AvgIpc) is 2.37. The number of hydrogen-bond donors (Lipinski definition) is 0. The number of pyridine rings is 1. The van der Waals surface area contributed by atoms with Crippen LogP contribution in [-0.2, 0) is 4.74 Å². The summed E-state index contributed by atoms with van der Waals surface area (Å²) in [6.07, 6.45) is 1.87. The third-order valence-corrected chi connectivity index (χ3v) is 2.97. The van der Waals surface area contributed by atoms with Crippen molar-refractivity contribution in [1.29, 1.82) is 0 Å². The largest absolute Gasteiger partial charge is 0.477 e.